The Morgan fingerprint density at radius 1 is 1.35 bits per heavy atom. The molecule has 90 valence electrons. The summed E-state index contributed by atoms with van der Waals surface area (Å²) in [6.07, 6.45) is 3.97. The average Bonchev–Trinajstić information content (AvgIpc) is 2.74. The summed E-state index contributed by atoms with van der Waals surface area (Å²) in [4.78, 5) is 1.12. The van der Waals surface area contributed by atoms with Crippen molar-refractivity contribution in [2.75, 3.05) is 6.26 Å². The summed E-state index contributed by atoms with van der Waals surface area (Å²) in [7, 11) is 1.88. The van der Waals surface area contributed by atoms with Crippen LogP contribution in [0, 0.1) is 0 Å². The number of thioether (sulfide) groups is 1. The zero-order chi connectivity index (χ0) is 12.3. The van der Waals surface area contributed by atoms with Crippen molar-refractivity contribution in [3.05, 3.63) is 47.8 Å². The number of benzene rings is 1. The van der Waals surface area contributed by atoms with Gasteiger partial charge in [-0.25, -0.2) is 0 Å². The van der Waals surface area contributed by atoms with Gasteiger partial charge in [-0.2, -0.15) is 5.10 Å². The second kappa shape index (κ2) is 5.38. The van der Waals surface area contributed by atoms with Crippen LogP contribution in [0.25, 0.3) is 0 Å². The molecule has 3 nitrogen and oxygen atoms in total. The Morgan fingerprint density at radius 3 is 2.76 bits per heavy atom. The van der Waals surface area contributed by atoms with Crippen molar-refractivity contribution in [2.24, 2.45) is 7.05 Å². The van der Waals surface area contributed by atoms with E-state index in [1.165, 1.54) is 0 Å². The Bertz CT molecular complexity index is 496. The van der Waals surface area contributed by atoms with E-state index in [1.807, 2.05) is 49.8 Å². The molecule has 2 rings (SSSR count). The lowest BCUT2D eigenvalue weighted by molar-refractivity contribution is 0.174. The fourth-order valence-corrected chi connectivity index (χ4v) is 2.48. The molecule has 0 saturated heterocycles. The van der Waals surface area contributed by atoms with Crippen molar-refractivity contribution < 1.29 is 5.11 Å². The summed E-state index contributed by atoms with van der Waals surface area (Å²) < 4.78 is 1.75. The lowest BCUT2D eigenvalue weighted by atomic mass is 10.1. The number of nitrogens with zero attached hydrogens (tertiary/aromatic N) is 2. The van der Waals surface area contributed by atoms with Crippen LogP contribution in [0.1, 0.15) is 17.4 Å². The molecule has 0 spiro atoms. The first-order valence-corrected chi connectivity index (χ1v) is 6.72. The van der Waals surface area contributed by atoms with Gasteiger partial charge in [0.05, 0.1) is 11.8 Å². The molecule has 0 radical (unpaired) electrons. The molecule has 0 saturated carbocycles. The molecule has 2 aromatic rings. The van der Waals surface area contributed by atoms with E-state index in [2.05, 4.69) is 5.10 Å². The molecule has 1 atom stereocenters. The van der Waals surface area contributed by atoms with E-state index >= 15 is 0 Å². The van der Waals surface area contributed by atoms with Crippen LogP contribution in [-0.4, -0.2) is 21.1 Å². The maximum Gasteiger partial charge on any atom is 0.0856 e. The van der Waals surface area contributed by atoms with Crippen LogP contribution in [0.4, 0.5) is 0 Å². The highest BCUT2D eigenvalue weighted by Crippen LogP contribution is 2.27. The van der Waals surface area contributed by atoms with E-state index < -0.39 is 6.10 Å². The minimum atomic E-state index is -0.492. The van der Waals surface area contributed by atoms with Crippen molar-refractivity contribution in [2.45, 2.75) is 17.4 Å². The van der Waals surface area contributed by atoms with Gasteiger partial charge < -0.3 is 5.11 Å². The first-order valence-electron chi connectivity index (χ1n) is 5.50. The van der Waals surface area contributed by atoms with E-state index in [-0.39, 0.29) is 0 Å². The smallest absolute Gasteiger partial charge is 0.0856 e. The summed E-state index contributed by atoms with van der Waals surface area (Å²) in [5, 5.41) is 14.5. The maximum atomic E-state index is 10.2. The minimum absolute atomic E-state index is 0.492. The van der Waals surface area contributed by atoms with Gasteiger partial charge in [0.1, 0.15) is 0 Å². The highest BCUT2D eigenvalue weighted by Gasteiger charge is 2.13. The predicted molar refractivity (Wildman–Crippen MR) is 70.1 cm³/mol. The molecule has 1 heterocycles. The molecule has 1 N–H and O–H groups in total. The van der Waals surface area contributed by atoms with Crippen LogP contribution >= 0.6 is 11.8 Å². The van der Waals surface area contributed by atoms with E-state index in [4.69, 9.17) is 0 Å². The van der Waals surface area contributed by atoms with Gasteiger partial charge >= 0.3 is 0 Å². The fraction of sp³-hybridized carbons (Fsp3) is 0.308. The molecule has 0 aliphatic heterocycles. The summed E-state index contributed by atoms with van der Waals surface area (Å²) in [6.45, 7) is 0. The Labute approximate surface area is 105 Å². The van der Waals surface area contributed by atoms with Gasteiger partial charge in [-0.05, 0) is 24.0 Å². The third-order valence-corrected chi connectivity index (χ3v) is 3.48. The highest BCUT2D eigenvalue weighted by molar-refractivity contribution is 7.98. The number of aromatic nitrogens is 2. The Balaban J connectivity index is 2.16. The van der Waals surface area contributed by atoms with Gasteiger partial charge in [-0.15, -0.1) is 11.8 Å². The van der Waals surface area contributed by atoms with Crippen molar-refractivity contribution in [3.63, 3.8) is 0 Å². The lowest BCUT2D eigenvalue weighted by Crippen LogP contribution is -2.04. The van der Waals surface area contributed by atoms with Crippen LogP contribution in [0.2, 0.25) is 0 Å². The maximum absolute atomic E-state index is 10.2. The highest BCUT2D eigenvalue weighted by atomic mass is 32.2. The third kappa shape index (κ3) is 2.90. The summed E-state index contributed by atoms with van der Waals surface area (Å²) in [5.74, 6) is 0. The minimum Gasteiger partial charge on any atom is -0.388 e. The quantitative estimate of drug-likeness (QED) is 0.844. The van der Waals surface area contributed by atoms with Crippen molar-refractivity contribution in [1.82, 2.24) is 9.78 Å². The van der Waals surface area contributed by atoms with Gasteiger partial charge in [-0.3, -0.25) is 4.68 Å². The molecule has 0 bridgehead atoms. The molecule has 17 heavy (non-hydrogen) atoms. The van der Waals surface area contributed by atoms with Crippen LogP contribution in [0.15, 0.2) is 41.4 Å². The van der Waals surface area contributed by atoms with E-state index in [0.29, 0.717) is 6.42 Å². The first kappa shape index (κ1) is 12.2. The summed E-state index contributed by atoms with van der Waals surface area (Å²) in [6, 6.07) is 9.88. The molecular weight excluding hydrogens is 232 g/mol. The largest absolute Gasteiger partial charge is 0.388 e. The van der Waals surface area contributed by atoms with Crippen molar-refractivity contribution >= 4 is 11.8 Å². The molecular formula is C13H16N2OS. The summed E-state index contributed by atoms with van der Waals surface area (Å²) >= 11 is 1.65. The van der Waals surface area contributed by atoms with E-state index in [0.717, 1.165) is 16.2 Å². The van der Waals surface area contributed by atoms with Crippen LogP contribution in [0.5, 0.6) is 0 Å². The molecule has 0 amide bonds. The van der Waals surface area contributed by atoms with Crippen LogP contribution in [0.3, 0.4) is 0 Å². The van der Waals surface area contributed by atoms with Crippen molar-refractivity contribution in [3.8, 4) is 0 Å². The van der Waals surface area contributed by atoms with E-state index in [1.54, 1.807) is 16.4 Å². The number of aliphatic hydroxyl groups is 1. The Kier molecular flexibility index (Phi) is 3.86. The number of hydrogen-bond donors (Lipinski definition) is 1. The van der Waals surface area contributed by atoms with Gasteiger partial charge in [-0.1, -0.05) is 18.2 Å². The first-order chi connectivity index (χ1) is 8.20. The molecule has 1 aromatic heterocycles. The Hall–Kier alpha value is -1.26. The zero-order valence-electron chi connectivity index (χ0n) is 10.00. The Morgan fingerprint density at radius 2 is 2.12 bits per heavy atom. The molecule has 0 fully saturated rings. The summed E-state index contributed by atoms with van der Waals surface area (Å²) in [5.41, 5.74) is 1.89. The molecule has 1 aromatic carbocycles. The second-order valence-electron chi connectivity index (χ2n) is 3.94. The van der Waals surface area contributed by atoms with Gasteiger partial charge in [0.2, 0.25) is 0 Å². The van der Waals surface area contributed by atoms with Crippen LogP contribution < -0.4 is 0 Å². The normalized spacial score (nSPS) is 12.6. The van der Waals surface area contributed by atoms with Crippen LogP contribution in [-0.2, 0) is 13.5 Å². The number of aliphatic hydroxyl groups excluding tert-OH is 1. The van der Waals surface area contributed by atoms with Crippen molar-refractivity contribution in [1.29, 1.82) is 0 Å². The number of aryl methyl sites for hydroxylation is 1. The molecule has 4 heteroatoms. The van der Waals surface area contributed by atoms with Gasteiger partial charge in [0.25, 0.3) is 0 Å². The predicted octanol–water partition coefficient (Wildman–Crippen LogP) is 2.42. The van der Waals surface area contributed by atoms with Gasteiger partial charge in [0, 0.05) is 24.6 Å². The van der Waals surface area contributed by atoms with Gasteiger partial charge in [0.15, 0.2) is 0 Å². The number of rotatable bonds is 4. The monoisotopic (exact) mass is 248 g/mol. The molecule has 0 aliphatic rings. The third-order valence-electron chi connectivity index (χ3n) is 2.67. The topological polar surface area (TPSA) is 38.0 Å². The standard InChI is InChI=1S/C13H16N2OS/c1-15-8-7-10(14-15)9-12(16)11-5-3-4-6-13(11)17-2/h3-8,12,16H,9H2,1-2H3. The number of hydrogen-bond acceptors (Lipinski definition) is 3. The SMILES string of the molecule is CSc1ccccc1C(O)Cc1ccn(C)n1. The average molecular weight is 248 g/mol. The molecule has 1 unspecified atom stereocenters. The van der Waals surface area contributed by atoms with E-state index in [9.17, 15) is 5.11 Å². The second-order valence-corrected chi connectivity index (χ2v) is 4.79. The molecule has 0 aliphatic carbocycles. The lowest BCUT2D eigenvalue weighted by Gasteiger charge is -2.13. The fourth-order valence-electron chi connectivity index (χ4n) is 1.82. The zero-order valence-corrected chi connectivity index (χ0v) is 10.8.